The van der Waals surface area contributed by atoms with E-state index in [0.717, 1.165) is 30.9 Å². The van der Waals surface area contributed by atoms with Crippen LogP contribution in [0.2, 0.25) is 0 Å². The van der Waals surface area contributed by atoms with Crippen molar-refractivity contribution in [1.29, 1.82) is 0 Å². The van der Waals surface area contributed by atoms with E-state index in [9.17, 15) is 4.79 Å². The Morgan fingerprint density at radius 3 is 2.75 bits per heavy atom. The first-order chi connectivity index (χ1) is 9.38. The van der Waals surface area contributed by atoms with E-state index in [-0.39, 0.29) is 18.5 Å². The smallest absolute Gasteiger partial charge is 0.241 e. The molecule has 2 unspecified atom stereocenters. The fourth-order valence-corrected chi connectivity index (χ4v) is 2.82. The fourth-order valence-electron chi connectivity index (χ4n) is 2.82. The Kier molecular flexibility index (Phi) is 4.32. The number of aromatic nitrogens is 2. The van der Waals surface area contributed by atoms with Gasteiger partial charge in [-0.1, -0.05) is 6.92 Å². The number of anilines is 1. The van der Waals surface area contributed by atoms with Crippen molar-refractivity contribution >= 4 is 11.6 Å². The number of nitrogens with zero attached hydrogens (tertiary/aromatic N) is 3. The van der Waals surface area contributed by atoms with Crippen molar-refractivity contribution in [1.82, 2.24) is 20.0 Å². The molecule has 1 saturated heterocycles. The molecule has 2 atom stereocenters. The molecule has 1 aromatic heterocycles. The molecule has 0 aliphatic carbocycles. The van der Waals surface area contributed by atoms with E-state index in [1.807, 2.05) is 13.8 Å². The zero-order valence-electron chi connectivity index (χ0n) is 12.8. The summed E-state index contributed by atoms with van der Waals surface area (Å²) in [6.07, 6.45) is 1.00. The maximum atomic E-state index is 12.2. The van der Waals surface area contributed by atoms with Gasteiger partial charge in [-0.15, -0.1) is 0 Å². The van der Waals surface area contributed by atoms with Crippen molar-refractivity contribution in [2.75, 3.05) is 25.9 Å². The lowest BCUT2D eigenvalue weighted by molar-refractivity contribution is -0.123. The molecule has 1 aliphatic rings. The topological polar surface area (TPSA) is 76.2 Å². The molecule has 3 N–H and O–H groups in total. The average Bonchev–Trinajstić information content (AvgIpc) is 2.61. The third-order valence-electron chi connectivity index (χ3n) is 4.19. The monoisotopic (exact) mass is 279 g/mol. The van der Waals surface area contributed by atoms with Crippen LogP contribution in [0.5, 0.6) is 0 Å². The van der Waals surface area contributed by atoms with Gasteiger partial charge in [0.15, 0.2) is 0 Å². The second kappa shape index (κ2) is 5.83. The first-order valence-corrected chi connectivity index (χ1v) is 7.16. The van der Waals surface area contributed by atoms with E-state index in [0.29, 0.717) is 11.6 Å². The Morgan fingerprint density at radius 1 is 1.50 bits per heavy atom. The van der Waals surface area contributed by atoms with E-state index < -0.39 is 0 Å². The predicted molar refractivity (Wildman–Crippen MR) is 79.3 cm³/mol. The number of nitrogens with one attached hydrogen (secondary N) is 1. The van der Waals surface area contributed by atoms with Crippen molar-refractivity contribution < 1.29 is 4.79 Å². The number of aryl methyl sites for hydroxylation is 1. The summed E-state index contributed by atoms with van der Waals surface area (Å²) >= 11 is 0. The Morgan fingerprint density at radius 2 is 2.20 bits per heavy atom. The molecule has 1 aromatic rings. The molecule has 2 rings (SSSR count). The SMILES string of the molecule is Cc1nn(CC(=O)NC2CCN(C)CC2C)c(C)c1N. The zero-order chi connectivity index (χ0) is 14.9. The summed E-state index contributed by atoms with van der Waals surface area (Å²) in [5, 5.41) is 7.42. The van der Waals surface area contributed by atoms with Gasteiger partial charge in [-0.3, -0.25) is 9.48 Å². The molecule has 0 radical (unpaired) electrons. The molecule has 112 valence electrons. The summed E-state index contributed by atoms with van der Waals surface area (Å²) in [4.78, 5) is 14.5. The van der Waals surface area contributed by atoms with Gasteiger partial charge in [0.2, 0.25) is 5.91 Å². The normalized spacial score (nSPS) is 23.8. The minimum atomic E-state index is 0.0111. The van der Waals surface area contributed by atoms with Crippen molar-refractivity contribution in [3.63, 3.8) is 0 Å². The largest absolute Gasteiger partial charge is 0.396 e. The van der Waals surface area contributed by atoms with Crippen LogP contribution in [0.3, 0.4) is 0 Å². The highest BCUT2D eigenvalue weighted by atomic mass is 16.2. The maximum absolute atomic E-state index is 12.2. The van der Waals surface area contributed by atoms with Gasteiger partial charge in [0.1, 0.15) is 6.54 Å². The van der Waals surface area contributed by atoms with Crippen molar-refractivity contribution in [2.24, 2.45) is 5.92 Å². The first-order valence-electron chi connectivity index (χ1n) is 7.16. The number of nitrogens with two attached hydrogens (primary N) is 1. The fraction of sp³-hybridized carbons (Fsp3) is 0.714. The summed E-state index contributed by atoms with van der Waals surface area (Å²) < 4.78 is 1.68. The minimum Gasteiger partial charge on any atom is -0.396 e. The lowest BCUT2D eigenvalue weighted by Crippen LogP contribution is -2.49. The van der Waals surface area contributed by atoms with Gasteiger partial charge in [-0.25, -0.2) is 0 Å². The third kappa shape index (κ3) is 3.12. The van der Waals surface area contributed by atoms with Crippen LogP contribution in [0.15, 0.2) is 0 Å². The van der Waals surface area contributed by atoms with Crippen LogP contribution >= 0.6 is 0 Å². The zero-order valence-corrected chi connectivity index (χ0v) is 12.8. The summed E-state index contributed by atoms with van der Waals surface area (Å²) in [7, 11) is 2.12. The number of nitrogen functional groups attached to an aromatic ring is 1. The minimum absolute atomic E-state index is 0.0111. The lowest BCUT2D eigenvalue weighted by Gasteiger charge is -2.35. The highest BCUT2D eigenvalue weighted by Crippen LogP contribution is 2.16. The number of likely N-dealkylation sites (tertiary alicyclic amines) is 1. The van der Waals surface area contributed by atoms with Crippen LogP contribution in [-0.2, 0) is 11.3 Å². The molecular formula is C14H25N5O. The highest BCUT2D eigenvalue weighted by molar-refractivity contribution is 5.76. The predicted octanol–water partition coefficient (Wildman–Crippen LogP) is 0.539. The number of hydrogen-bond acceptors (Lipinski definition) is 4. The summed E-state index contributed by atoms with van der Waals surface area (Å²) in [6.45, 7) is 8.22. The van der Waals surface area contributed by atoms with Gasteiger partial charge >= 0.3 is 0 Å². The quantitative estimate of drug-likeness (QED) is 0.846. The molecule has 0 saturated carbocycles. The second-order valence-corrected chi connectivity index (χ2v) is 5.94. The van der Waals surface area contributed by atoms with E-state index in [4.69, 9.17) is 5.73 Å². The molecular weight excluding hydrogens is 254 g/mol. The van der Waals surface area contributed by atoms with Gasteiger partial charge in [0.25, 0.3) is 0 Å². The number of amides is 1. The van der Waals surface area contributed by atoms with Gasteiger partial charge < -0.3 is 16.0 Å². The van der Waals surface area contributed by atoms with E-state index in [1.165, 1.54) is 0 Å². The number of carbonyl (C=O) groups is 1. The summed E-state index contributed by atoms with van der Waals surface area (Å²) in [6, 6.07) is 0.257. The lowest BCUT2D eigenvalue weighted by atomic mass is 9.94. The van der Waals surface area contributed by atoms with Gasteiger partial charge in [-0.2, -0.15) is 5.10 Å². The van der Waals surface area contributed by atoms with Gasteiger partial charge in [0, 0.05) is 12.6 Å². The Labute approximate surface area is 120 Å². The number of piperidine rings is 1. The van der Waals surface area contributed by atoms with Crippen LogP contribution in [-0.4, -0.2) is 46.8 Å². The number of rotatable bonds is 3. The van der Waals surface area contributed by atoms with E-state index >= 15 is 0 Å². The molecule has 1 fully saturated rings. The summed E-state index contributed by atoms with van der Waals surface area (Å²) in [5.74, 6) is 0.486. The molecule has 0 aromatic carbocycles. The van der Waals surface area contributed by atoms with E-state index in [2.05, 4.69) is 29.3 Å². The molecule has 6 nitrogen and oxygen atoms in total. The first kappa shape index (κ1) is 14.8. The average molecular weight is 279 g/mol. The van der Waals surface area contributed by atoms with E-state index in [1.54, 1.807) is 4.68 Å². The Hall–Kier alpha value is -1.56. The number of hydrogen-bond donors (Lipinski definition) is 2. The molecule has 1 amide bonds. The van der Waals surface area contributed by atoms with Crippen LogP contribution in [0.1, 0.15) is 24.7 Å². The number of carbonyl (C=O) groups excluding carboxylic acids is 1. The molecule has 1 aliphatic heterocycles. The third-order valence-corrected chi connectivity index (χ3v) is 4.19. The van der Waals surface area contributed by atoms with Gasteiger partial charge in [0.05, 0.1) is 17.1 Å². The van der Waals surface area contributed by atoms with Crippen LogP contribution in [0.4, 0.5) is 5.69 Å². The Balaban J connectivity index is 1.94. The standard InChI is InChI=1S/C14H25N5O/c1-9-7-18(4)6-5-12(9)16-13(20)8-19-11(3)14(15)10(2)17-19/h9,12H,5-8,15H2,1-4H3,(H,16,20). The second-order valence-electron chi connectivity index (χ2n) is 5.94. The molecule has 2 heterocycles. The van der Waals surface area contributed by atoms with Crippen molar-refractivity contribution in [3.05, 3.63) is 11.4 Å². The maximum Gasteiger partial charge on any atom is 0.241 e. The summed E-state index contributed by atoms with van der Waals surface area (Å²) in [5.41, 5.74) is 8.19. The molecule has 20 heavy (non-hydrogen) atoms. The van der Waals surface area contributed by atoms with Crippen LogP contribution < -0.4 is 11.1 Å². The van der Waals surface area contributed by atoms with Crippen molar-refractivity contribution in [2.45, 2.75) is 39.8 Å². The Bertz CT molecular complexity index is 496. The van der Waals surface area contributed by atoms with Crippen LogP contribution in [0.25, 0.3) is 0 Å². The highest BCUT2D eigenvalue weighted by Gasteiger charge is 2.25. The molecule has 0 spiro atoms. The van der Waals surface area contributed by atoms with Crippen LogP contribution in [0, 0.1) is 19.8 Å². The molecule has 6 heteroatoms. The van der Waals surface area contributed by atoms with Crippen molar-refractivity contribution in [3.8, 4) is 0 Å². The molecule has 0 bridgehead atoms. The van der Waals surface area contributed by atoms with Gasteiger partial charge in [-0.05, 0) is 39.8 Å².